The van der Waals surface area contributed by atoms with Gasteiger partial charge in [-0.05, 0) is 55.1 Å². The van der Waals surface area contributed by atoms with Crippen LogP contribution in [0.2, 0.25) is 10.0 Å². The van der Waals surface area contributed by atoms with Gasteiger partial charge in [-0.3, -0.25) is 9.59 Å². The molecule has 0 aliphatic heterocycles. The summed E-state index contributed by atoms with van der Waals surface area (Å²) in [5.74, 6) is -2.26. The van der Waals surface area contributed by atoms with E-state index in [0.29, 0.717) is 21.5 Å². The van der Waals surface area contributed by atoms with Crippen molar-refractivity contribution < 1.29 is 35.9 Å². The average Bonchev–Trinajstić information content (AvgIpc) is 3.44. The predicted molar refractivity (Wildman–Crippen MR) is 160 cm³/mol. The highest BCUT2D eigenvalue weighted by molar-refractivity contribution is 6.40. The molecule has 0 atom stereocenters. The van der Waals surface area contributed by atoms with Gasteiger partial charge in [-0.25, -0.2) is 9.67 Å². The fourth-order valence-corrected chi connectivity index (χ4v) is 5.19. The number of nitrogens with one attached hydrogen (secondary N) is 2. The van der Waals surface area contributed by atoms with Gasteiger partial charge in [-0.2, -0.15) is 31.4 Å². The smallest absolute Gasteiger partial charge is 0.343 e. The van der Waals surface area contributed by atoms with Gasteiger partial charge in [-0.15, -0.1) is 0 Å². The van der Waals surface area contributed by atoms with Crippen molar-refractivity contribution in [3.05, 3.63) is 117 Å². The van der Waals surface area contributed by atoms with Gasteiger partial charge in [0.1, 0.15) is 5.69 Å². The summed E-state index contributed by atoms with van der Waals surface area (Å²) >= 11 is 12.8. The Hall–Kier alpha value is -4.62. The van der Waals surface area contributed by atoms with Gasteiger partial charge < -0.3 is 10.6 Å². The molecule has 238 valence electrons. The minimum Gasteiger partial charge on any atom is -0.343 e. The molecule has 0 radical (unpaired) electrons. The van der Waals surface area contributed by atoms with Crippen LogP contribution in [0.15, 0.2) is 79.0 Å². The van der Waals surface area contributed by atoms with Crippen LogP contribution in [0, 0.1) is 0 Å². The molecular formula is C31H21Cl2F6N5O2. The van der Waals surface area contributed by atoms with Gasteiger partial charge in [0.2, 0.25) is 0 Å². The Morgan fingerprint density at radius 2 is 1.50 bits per heavy atom. The molecule has 0 aliphatic carbocycles. The number of carbonyl (C=O) groups is 2. The van der Waals surface area contributed by atoms with Crippen LogP contribution >= 0.6 is 23.2 Å². The Morgan fingerprint density at radius 3 is 2.17 bits per heavy atom. The molecule has 2 aromatic heterocycles. The first-order chi connectivity index (χ1) is 21.5. The van der Waals surface area contributed by atoms with E-state index in [4.69, 9.17) is 23.2 Å². The van der Waals surface area contributed by atoms with Crippen LogP contribution in [0.4, 0.5) is 32.0 Å². The topological polar surface area (TPSA) is 88.9 Å². The number of alkyl halides is 6. The summed E-state index contributed by atoms with van der Waals surface area (Å²) in [7, 11) is 0. The van der Waals surface area contributed by atoms with Crippen LogP contribution in [0.25, 0.3) is 16.6 Å². The summed E-state index contributed by atoms with van der Waals surface area (Å²) < 4.78 is 81.9. The number of fused-ring (bicyclic) bond motifs is 1. The number of halogens is 8. The van der Waals surface area contributed by atoms with E-state index in [9.17, 15) is 35.9 Å². The van der Waals surface area contributed by atoms with Gasteiger partial charge in [0.25, 0.3) is 11.8 Å². The molecule has 3 aromatic carbocycles. The second kappa shape index (κ2) is 12.0. The number of carbonyl (C=O) groups excluding carboxylic acids is 2. The Balaban J connectivity index is 1.59. The molecule has 0 unspecified atom stereocenters. The van der Waals surface area contributed by atoms with Crippen LogP contribution < -0.4 is 10.6 Å². The second-order valence-electron chi connectivity index (χ2n) is 10.6. The van der Waals surface area contributed by atoms with E-state index in [1.54, 1.807) is 24.3 Å². The molecule has 0 fully saturated rings. The van der Waals surface area contributed by atoms with E-state index in [0.717, 1.165) is 12.1 Å². The van der Waals surface area contributed by atoms with E-state index < -0.39 is 46.7 Å². The van der Waals surface area contributed by atoms with Gasteiger partial charge in [-0.1, -0.05) is 59.6 Å². The lowest BCUT2D eigenvalue weighted by Crippen LogP contribution is -2.41. The standard InChI is InChI=1S/C31H21Cl2F6N5O2/c1-29(2,17-8-5-9-18(14-17)30(34,35)36)42-27(45)20-13-16-7-3-4-10-19(16)24(33)25(20)41-28(46)22-15-23(31(37,38)39)43-44(22)26-21(32)11-6-12-40-26/h3-15H,1-2H3,(H,41,46)(H,42,45). The quantitative estimate of drug-likeness (QED) is 0.176. The zero-order valence-electron chi connectivity index (χ0n) is 23.7. The van der Waals surface area contributed by atoms with Crippen molar-refractivity contribution in [2.75, 3.05) is 5.32 Å². The molecule has 0 saturated carbocycles. The predicted octanol–water partition coefficient (Wildman–Crippen LogP) is 8.68. The molecule has 2 N–H and O–H groups in total. The van der Waals surface area contributed by atoms with Crippen LogP contribution in [0.5, 0.6) is 0 Å². The summed E-state index contributed by atoms with van der Waals surface area (Å²) in [4.78, 5) is 31.4. The van der Waals surface area contributed by atoms with Crippen molar-refractivity contribution in [3.63, 3.8) is 0 Å². The number of amides is 2. The van der Waals surface area contributed by atoms with E-state index >= 15 is 0 Å². The third-order valence-corrected chi connectivity index (χ3v) is 7.67. The first-order valence-corrected chi connectivity index (χ1v) is 14.0. The fraction of sp³-hybridized carbons (Fsp3) is 0.161. The molecule has 5 aromatic rings. The summed E-state index contributed by atoms with van der Waals surface area (Å²) in [5.41, 5.74) is -4.68. The molecule has 0 saturated heterocycles. The summed E-state index contributed by atoms with van der Waals surface area (Å²) in [5, 5.41) is 9.25. The molecule has 2 amide bonds. The zero-order chi connectivity index (χ0) is 33.6. The zero-order valence-corrected chi connectivity index (χ0v) is 25.2. The van der Waals surface area contributed by atoms with E-state index in [1.807, 2.05) is 0 Å². The lowest BCUT2D eigenvalue weighted by atomic mass is 9.92. The Labute approximate surface area is 267 Å². The maximum atomic E-state index is 13.8. The highest BCUT2D eigenvalue weighted by Crippen LogP contribution is 2.37. The van der Waals surface area contributed by atoms with Crippen LogP contribution in [-0.2, 0) is 17.9 Å². The maximum Gasteiger partial charge on any atom is 0.435 e. The molecule has 0 aliphatic rings. The third kappa shape index (κ3) is 6.51. The number of anilines is 1. The van der Waals surface area contributed by atoms with E-state index in [2.05, 4.69) is 20.7 Å². The van der Waals surface area contributed by atoms with Crippen molar-refractivity contribution in [1.82, 2.24) is 20.1 Å². The molecular weight excluding hydrogens is 659 g/mol. The molecule has 5 rings (SSSR count). The Kier molecular flexibility index (Phi) is 8.51. The van der Waals surface area contributed by atoms with Gasteiger partial charge in [0.15, 0.2) is 11.5 Å². The van der Waals surface area contributed by atoms with Crippen molar-refractivity contribution in [1.29, 1.82) is 0 Å². The molecule has 0 bridgehead atoms. The molecule has 7 nitrogen and oxygen atoms in total. The lowest BCUT2D eigenvalue weighted by molar-refractivity contribution is -0.141. The first-order valence-electron chi connectivity index (χ1n) is 13.3. The van der Waals surface area contributed by atoms with Crippen molar-refractivity contribution in [2.45, 2.75) is 31.7 Å². The summed E-state index contributed by atoms with van der Waals surface area (Å²) in [6.45, 7) is 2.96. The Bertz CT molecular complexity index is 1990. The van der Waals surface area contributed by atoms with E-state index in [1.165, 1.54) is 50.4 Å². The monoisotopic (exact) mass is 679 g/mol. The largest absolute Gasteiger partial charge is 0.435 e. The lowest BCUT2D eigenvalue weighted by Gasteiger charge is -2.28. The van der Waals surface area contributed by atoms with Crippen LogP contribution in [-0.4, -0.2) is 26.6 Å². The second-order valence-corrected chi connectivity index (χ2v) is 11.4. The maximum absolute atomic E-state index is 13.8. The van der Waals surface area contributed by atoms with Crippen LogP contribution in [0.1, 0.15) is 51.5 Å². The van der Waals surface area contributed by atoms with Crippen molar-refractivity contribution in [3.8, 4) is 5.82 Å². The average molecular weight is 680 g/mol. The highest BCUT2D eigenvalue weighted by atomic mass is 35.5. The fourth-order valence-electron chi connectivity index (χ4n) is 4.67. The van der Waals surface area contributed by atoms with Gasteiger partial charge in [0, 0.05) is 17.6 Å². The number of aromatic nitrogens is 3. The SMILES string of the molecule is CC(C)(NC(=O)c1cc2ccccc2c(Cl)c1NC(=O)c1cc(C(F)(F)F)nn1-c1ncccc1Cl)c1cccc(C(F)(F)F)c1. The molecule has 0 spiro atoms. The van der Waals surface area contributed by atoms with E-state index in [-0.39, 0.29) is 32.7 Å². The van der Waals surface area contributed by atoms with Crippen molar-refractivity contribution in [2.24, 2.45) is 0 Å². The number of hydrogen-bond donors (Lipinski definition) is 2. The molecule has 15 heteroatoms. The Morgan fingerprint density at radius 1 is 0.804 bits per heavy atom. The number of nitrogens with zero attached hydrogens (tertiary/aromatic N) is 3. The first kappa shape index (κ1) is 32.8. The van der Waals surface area contributed by atoms with Gasteiger partial charge >= 0.3 is 12.4 Å². The number of pyridine rings is 1. The minimum atomic E-state index is -4.94. The minimum absolute atomic E-state index is 0.103. The normalized spacial score (nSPS) is 12.3. The highest BCUT2D eigenvalue weighted by Gasteiger charge is 2.37. The molecule has 46 heavy (non-hydrogen) atoms. The van der Waals surface area contributed by atoms with Crippen molar-refractivity contribution >= 4 is 51.5 Å². The summed E-state index contributed by atoms with van der Waals surface area (Å²) in [6.07, 6.45) is -8.33. The number of benzene rings is 3. The third-order valence-electron chi connectivity index (χ3n) is 6.98. The van der Waals surface area contributed by atoms with Gasteiger partial charge in [0.05, 0.1) is 32.4 Å². The number of hydrogen-bond acceptors (Lipinski definition) is 4. The molecule has 2 heterocycles. The van der Waals surface area contributed by atoms with Crippen LogP contribution in [0.3, 0.4) is 0 Å². The number of rotatable bonds is 6. The summed E-state index contributed by atoms with van der Waals surface area (Å²) in [6, 6.07) is 15.6.